The van der Waals surface area contributed by atoms with Crippen LogP contribution in [0.25, 0.3) is 11.1 Å². The molecule has 0 aliphatic carbocycles. The number of hydrogen-bond donors (Lipinski definition) is 1. The first kappa shape index (κ1) is 26.3. The summed E-state index contributed by atoms with van der Waals surface area (Å²) in [6.07, 6.45) is 10.9. The number of benzene rings is 2. The quantitative estimate of drug-likeness (QED) is 0.282. The lowest BCUT2D eigenvalue weighted by Crippen LogP contribution is -2.32. The zero-order valence-corrected chi connectivity index (χ0v) is 21.5. The molecule has 1 amide bonds. The molecule has 0 aliphatic heterocycles. The molecule has 5 heteroatoms. The van der Waals surface area contributed by atoms with Gasteiger partial charge in [0, 0.05) is 24.0 Å². The number of nitrogens with one attached hydrogen (secondary N) is 1. The largest absolute Gasteiger partial charge is 0.493 e. The van der Waals surface area contributed by atoms with Crippen molar-refractivity contribution in [2.45, 2.75) is 64.8 Å². The summed E-state index contributed by atoms with van der Waals surface area (Å²) in [5.74, 6) is 1.39. The van der Waals surface area contributed by atoms with Gasteiger partial charge < -0.3 is 14.8 Å². The molecule has 3 rings (SSSR count). The van der Waals surface area contributed by atoms with Crippen molar-refractivity contribution < 1.29 is 14.3 Å². The Kier molecular flexibility index (Phi) is 10.1. The number of nitrogens with zero attached hydrogens (tertiary/aromatic N) is 1. The van der Waals surface area contributed by atoms with E-state index in [1.807, 2.05) is 36.5 Å². The molecule has 5 nitrogen and oxygen atoms in total. The van der Waals surface area contributed by atoms with Gasteiger partial charge >= 0.3 is 0 Å². The Morgan fingerprint density at radius 2 is 1.80 bits per heavy atom. The van der Waals surface area contributed by atoms with Crippen LogP contribution in [0.1, 0.15) is 67.4 Å². The van der Waals surface area contributed by atoms with Crippen LogP contribution in [-0.4, -0.2) is 31.2 Å². The molecule has 186 valence electrons. The van der Waals surface area contributed by atoms with Crippen LogP contribution in [0.5, 0.6) is 11.5 Å². The van der Waals surface area contributed by atoms with Gasteiger partial charge in [-0.3, -0.25) is 9.78 Å². The van der Waals surface area contributed by atoms with Gasteiger partial charge in [-0.1, -0.05) is 38.0 Å². The number of hydrogen-bond acceptors (Lipinski definition) is 4. The third-order valence-corrected chi connectivity index (χ3v) is 6.31. The first-order valence-corrected chi connectivity index (χ1v) is 12.6. The molecular formula is C30H38N2O3. The van der Waals surface area contributed by atoms with Crippen molar-refractivity contribution in [3.05, 3.63) is 77.6 Å². The van der Waals surface area contributed by atoms with Gasteiger partial charge in [0.2, 0.25) is 0 Å². The molecule has 0 aliphatic rings. The summed E-state index contributed by atoms with van der Waals surface area (Å²) in [6, 6.07) is 16.2. The Bertz CT molecular complexity index is 1080. The number of carbonyl (C=O) groups is 1. The van der Waals surface area contributed by atoms with Crippen molar-refractivity contribution in [1.82, 2.24) is 10.3 Å². The molecule has 0 spiro atoms. The van der Waals surface area contributed by atoms with Crippen LogP contribution in [0.4, 0.5) is 0 Å². The van der Waals surface area contributed by atoms with Gasteiger partial charge in [-0.05, 0) is 91.6 Å². The van der Waals surface area contributed by atoms with Crippen molar-refractivity contribution in [2.75, 3.05) is 14.2 Å². The number of aryl methyl sites for hydroxylation is 2. The predicted molar refractivity (Wildman–Crippen MR) is 142 cm³/mol. The number of aromatic nitrogens is 1. The molecule has 0 unspecified atom stereocenters. The lowest BCUT2D eigenvalue weighted by Gasteiger charge is -2.17. The minimum Gasteiger partial charge on any atom is -0.493 e. The predicted octanol–water partition coefficient (Wildman–Crippen LogP) is 6.64. The molecule has 1 aromatic heterocycles. The van der Waals surface area contributed by atoms with Gasteiger partial charge in [0.15, 0.2) is 11.5 Å². The van der Waals surface area contributed by atoms with Gasteiger partial charge in [0.25, 0.3) is 5.91 Å². The lowest BCUT2D eigenvalue weighted by molar-refractivity contribution is 0.0938. The van der Waals surface area contributed by atoms with Crippen LogP contribution in [-0.2, 0) is 12.8 Å². The minimum absolute atomic E-state index is 0.0190. The maximum Gasteiger partial charge on any atom is 0.251 e. The van der Waals surface area contributed by atoms with Crippen molar-refractivity contribution >= 4 is 5.91 Å². The fraction of sp³-hybridized carbons (Fsp3) is 0.400. The van der Waals surface area contributed by atoms with Crippen molar-refractivity contribution in [3.63, 3.8) is 0 Å². The summed E-state index contributed by atoms with van der Waals surface area (Å²) in [5, 5.41) is 3.18. The van der Waals surface area contributed by atoms with Crippen molar-refractivity contribution in [1.29, 1.82) is 0 Å². The summed E-state index contributed by atoms with van der Waals surface area (Å²) in [4.78, 5) is 17.2. The highest BCUT2D eigenvalue weighted by atomic mass is 16.5. The summed E-state index contributed by atoms with van der Waals surface area (Å²) >= 11 is 0. The van der Waals surface area contributed by atoms with E-state index in [4.69, 9.17) is 9.47 Å². The molecule has 0 saturated carbocycles. The molecule has 1 heterocycles. The monoisotopic (exact) mass is 474 g/mol. The number of pyridine rings is 1. The average Bonchev–Trinajstić information content (AvgIpc) is 2.89. The topological polar surface area (TPSA) is 60.5 Å². The number of unbranched alkanes of at least 4 members (excludes halogenated alkanes) is 2. The molecule has 0 fully saturated rings. The van der Waals surface area contributed by atoms with Crippen LogP contribution >= 0.6 is 0 Å². The second-order valence-corrected chi connectivity index (χ2v) is 9.03. The Morgan fingerprint density at radius 3 is 2.51 bits per heavy atom. The number of rotatable bonds is 13. The van der Waals surface area contributed by atoms with Crippen molar-refractivity contribution in [2.24, 2.45) is 0 Å². The van der Waals surface area contributed by atoms with E-state index >= 15 is 0 Å². The van der Waals surface area contributed by atoms with Crippen LogP contribution in [0.3, 0.4) is 0 Å². The molecule has 35 heavy (non-hydrogen) atoms. The Balaban J connectivity index is 1.72. The highest BCUT2D eigenvalue weighted by molar-refractivity contribution is 5.95. The van der Waals surface area contributed by atoms with Crippen molar-refractivity contribution in [3.8, 4) is 22.6 Å². The Hall–Kier alpha value is -3.34. The Labute approximate surface area is 209 Å². The zero-order valence-electron chi connectivity index (χ0n) is 21.5. The van der Waals surface area contributed by atoms with E-state index in [1.165, 1.54) is 11.1 Å². The fourth-order valence-corrected chi connectivity index (χ4v) is 4.33. The maximum absolute atomic E-state index is 13.0. The third kappa shape index (κ3) is 7.57. The van der Waals surface area contributed by atoms with E-state index in [9.17, 15) is 4.79 Å². The van der Waals surface area contributed by atoms with E-state index in [0.717, 1.165) is 56.1 Å². The smallest absolute Gasteiger partial charge is 0.251 e. The number of amides is 1. The van der Waals surface area contributed by atoms with Gasteiger partial charge in [-0.2, -0.15) is 0 Å². The lowest BCUT2D eigenvalue weighted by atomic mass is 9.93. The average molecular weight is 475 g/mol. The summed E-state index contributed by atoms with van der Waals surface area (Å²) in [7, 11) is 3.29. The van der Waals surface area contributed by atoms with Gasteiger partial charge in [0.05, 0.1) is 14.2 Å². The SMILES string of the molecule is CCCCCc1cc(C(=O)N[C@H](C)CCCc2cccnc2)ccc1-c1ccc(OC)c(OC)c1. The van der Waals surface area contributed by atoms with E-state index in [0.29, 0.717) is 17.1 Å². The number of carbonyl (C=O) groups excluding carboxylic acids is 1. The highest BCUT2D eigenvalue weighted by Gasteiger charge is 2.15. The van der Waals surface area contributed by atoms with E-state index < -0.39 is 0 Å². The second kappa shape index (κ2) is 13.5. The number of methoxy groups -OCH3 is 2. The Morgan fingerprint density at radius 1 is 0.971 bits per heavy atom. The molecular weight excluding hydrogens is 436 g/mol. The van der Waals surface area contributed by atoms with Crippen LogP contribution in [0.15, 0.2) is 60.9 Å². The zero-order chi connectivity index (χ0) is 25.0. The van der Waals surface area contributed by atoms with E-state index in [1.54, 1.807) is 20.4 Å². The third-order valence-electron chi connectivity index (χ3n) is 6.31. The summed E-state index contributed by atoms with van der Waals surface area (Å²) in [6.45, 7) is 4.27. The van der Waals surface area contributed by atoms with Gasteiger partial charge in [-0.15, -0.1) is 0 Å². The minimum atomic E-state index is -0.0190. The van der Waals surface area contributed by atoms with E-state index in [2.05, 4.69) is 42.3 Å². The van der Waals surface area contributed by atoms with Crippen LogP contribution in [0.2, 0.25) is 0 Å². The highest BCUT2D eigenvalue weighted by Crippen LogP contribution is 2.34. The maximum atomic E-state index is 13.0. The molecule has 2 aromatic carbocycles. The molecule has 0 radical (unpaired) electrons. The van der Waals surface area contributed by atoms with Gasteiger partial charge in [0.1, 0.15) is 0 Å². The summed E-state index contributed by atoms with van der Waals surface area (Å²) < 4.78 is 10.9. The van der Waals surface area contributed by atoms with Crippen LogP contribution in [0, 0.1) is 0 Å². The molecule has 1 atom stereocenters. The molecule has 0 bridgehead atoms. The fourth-order valence-electron chi connectivity index (χ4n) is 4.33. The first-order valence-electron chi connectivity index (χ1n) is 12.6. The number of ether oxygens (including phenoxy) is 2. The standard InChI is InChI=1S/C30H38N2O3/c1-5-6-7-13-24-19-26(14-16-27(24)25-15-17-28(34-3)29(20-25)35-4)30(33)32-22(2)10-8-11-23-12-9-18-31-21-23/h9,12,14-22H,5-8,10-11,13H2,1-4H3,(H,32,33)/t22-/m1/s1. The first-order chi connectivity index (χ1) is 17.0. The summed E-state index contributed by atoms with van der Waals surface area (Å²) in [5.41, 5.74) is 5.31. The van der Waals surface area contributed by atoms with Gasteiger partial charge in [-0.25, -0.2) is 0 Å². The van der Waals surface area contributed by atoms with Crippen LogP contribution < -0.4 is 14.8 Å². The second-order valence-electron chi connectivity index (χ2n) is 9.03. The van der Waals surface area contributed by atoms with E-state index in [-0.39, 0.29) is 11.9 Å². The molecule has 3 aromatic rings. The normalized spacial score (nSPS) is 11.7. The molecule has 1 N–H and O–H groups in total. The molecule has 0 saturated heterocycles.